The van der Waals surface area contributed by atoms with Gasteiger partial charge in [0.2, 0.25) is 0 Å². The van der Waals surface area contributed by atoms with E-state index in [4.69, 9.17) is 9.47 Å². The Balaban J connectivity index is 1.57. The maximum absolute atomic E-state index is 5.88. The molecule has 0 aliphatic carbocycles. The number of hydrogen-bond donors (Lipinski definition) is 0. The van der Waals surface area contributed by atoms with Crippen LogP contribution in [0.15, 0.2) is 66.7 Å². The number of hydrogen-bond acceptors (Lipinski definition) is 2. The quantitative estimate of drug-likeness (QED) is 0.566. The molecule has 0 saturated heterocycles. The number of para-hydroxylation sites is 1. The van der Waals surface area contributed by atoms with Crippen LogP contribution in [0.1, 0.15) is 25.3 Å². The van der Waals surface area contributed by atoms with Crippen molar-refractivity contribution in [2.75, 3.05) is 13.2 Å². The molecule has 0 saturated carbocycles. The fourth-order valence-corrected chi connectivity index (χ4v) is 2.66. The van der Waals surface area contributed by atoms with Gasteiger partial charge < -0.3 is 9.47 Å². The SMILES string of the molecule is CC(C)c1ccccc1OCCOc1ccc2ccccc2c1. The first-order chi connectivity index (χ1) is 11.2. The molecule has 0 aliphatic heterocycles. The molecule has 0 aromatic heterocycles. The van der Waals surface area contributed by atoms with E-state index >= 15 is 0 Å². The van der Waals surface area contributed by atoms with Crippen LogP contribution in [0.4, 0.5) is 0 Å². The minimum atomic E-state index is 0.451. The number of ether oxygens (including phenoxy) is 2. The largest absolute Gasteiger partial charge is 0.490 e. The molecule has 0 spiro atoms. The van der Waals surface area contributed by atoms with Crippen LogP contribution in [0.25, 0.3) is 10.8 Å². The fraction of sp³-hybridized carbons (Fsp3) is 0.238. The summed E-state index contributed by atoms with van der Waals surface area (Å²) in [6.45, 7) is 5.42. The lowest BCUT2D eigenvalue weighted by atomic mass is 10.0. The summed E-state index contributed by atoms with van der Waals surface area (Å²) in [6.07, 6.45) is 0. The van der Waals surface area contributed by atoms with E-state index in [0.29, 0.717) is 19.1 Å². The van der Waals surface area contributed by atoms with E-state index < -0.39 is 0 Å². The molecular formula is C21H22O2. The van der Waals surface area contributed by atoms with E-state index in [1.165, 1.54) is 16.3 Å². The Hall–Kier alpha value is -2.48. The summed E-state index contributed by atoms with van der Waals surface area (Å²) in [6, 6.07) is 22.6. The maximum Gasteiger partial charge on any atom is 0.122 e. The highest BCUT2D eigenvalue weighted by Gasteiger charge is 2.06. The molecule has 2 nitrogen and oxygen atoms in total. The number of benzene rings is 3. The van der Waals surface area contributed by atoms with Gasteiger partial charge >= 0.3 is 0 Å². The van der Waals surface area contributed by atoms with Gasteiger partial charge in [-0.1, -0.05) is 62.4 Å². The van der Waals surface area contributed by atoms with Crippen molar-refractivity contribution in [2.45, 2.75) is 19.8 Å². The fourth-order valence-electron chi connectivity index (χ4n) is 2.66. The van der Waals surface area contributed by atoms with Gasteiger partial charge in [-0.3, -0.25) is 0 Å². The van der Waals surface area contributed by atoms with Gasteiger partial charge in [-0.25, -0.2) is 0 Å². The van der Waals surface area contributed by atoms with Crippen LogP contribution >= 0.6 is 0 Å². The average Bonchev–Trinajstić information content (AvgIpc) is 2.59. The van der Waals surface area contributed by atoms with Gasteiger partial charge in [-0.05, 0) is 40.5 Å². The van der Waals surface area contributed by atoms with Crippen molar-refractivity contribution in [1.82, 2.24) is 0 Å². The third-order valence-corrected chi connectivity index (χ3v) is 3.87. The van der Waals surface area contributed by atoms with Crippen LogP contribution in [0, 0.1) is 0 Å². The van der Waals surface area contributed by atoms with Crippen LogP contribution in [-0.2, 0) is 0 Å². The van der Waals surface area contributed by atoms with Gasteiger partial charge in [0, 0.05) is 0 Å². The third-order valence-electron chi connectivity index (χ3n) is 3.87. The summed E-state index contributed by atoms with van der Waals surface area (Å²) >= 11 is 0. The van der Waals surface area contributed by atoms with Gasteiger partial charge in [0.15, 0.2) is 0 Å². The van der Waals surface area contributed by atoms with E-state index in [2.05, 4.69) is 44.2 Å². The van der Waals surface area contributed by atoms with Gasteiger partial charge in [0.25, 0.3) is 0 Å². The summed E-state index contributed by atoms with van der Waals surface area (Å²) in [5.74, 6) is 2.28. The summed E-state index contributed by atoms with van der Waals surface area (Å²) in [7, 11) is 0. The topological polar surface area (TPSA) is 18.5 Å². The molecule has 3 rings (SSSR count). The Morgan fingerprint density at radius 2 is 1.43 bits per heavy atom. The zero-order valence-corrected chi connectivity index (χ0v) is 13.7. The highest BCUT2D eigenvalue weighted by molar-refractivity contribution is 5.83. The molecule has 3 aromatic carbocycles. The molecule has 0 aliphatic rings. The first-order valence-electron chi connectivity index (χ1n) is 8.07. The van der Waals surface area contributed by atoms with Gasteiger partial charge in [0.05, 0.1) is 0 Å². The minimum Gasteiger partial charge on any atom is -0.490 e. The smallest absolute Gasteiger partial charge is 0.122 e. The Bertz CT molecular complexity index is 777. The van der Waals surface area contributed by atoms with Crippen LogP contribution in [0.3, 0.4) is 0 Å². The lowest BCUT2D eigenvalue weighted by molar-refractivity contribution is 0.215. The second-order valence-electron chi connectivity index (χ2n) is 5.90. The van der Waals surface area contributed by atoms with Crippen LogP contribution in [-0.4, -0.2) is 13.2 Å². The molecule has 118 valence electrons. The standard InChI is InChI=1S/C21H22O2/c1-16(2)20-9-5-6-10-21(20)23-14-13-22-19-12-11-17-7-3-4-8-18(17)15-19/h3-12,15-16H,13-14H2,1-2H3. The molecule has 0 amide bonds. The van der Waals surface area contributed by atoms with Crippen molar-refractivity contribution >= 4 is 10.8 Å². The average molecular weight is 306 g/mol. The van der Waals surface area contributed by atoms with Crippen LogP contribution < -0.4 is 9.47 Å². The van der Waals surface area contributed by atoms with E-state index in [1.54, 1.807) is 0 Å². The summed E-state index contributed by atoms with van der Waals surface area (Å²) in [5, 5.41) is 2.41. The molecule has 0 heterocycles. The highest BCUT2D eigenvalue weighted by Crippen LogP contribution is 2.26. The molecular weight excluding hydrogens is 284 g/mol. The lowest BCUT2D eigenvalue weighted by Crippen LogP contribution is -2.10. The molecule has 0 N–H and O–H groups in total. The second-order valence-corrected chi connectivity index (χ2v) is 5.90. The van der Waals surface area contributed by atoms with Crippen molar-refractivity contribution in [3.8, 4) is 11.5 Å². The molecule has 2 heteroatoms. The van der Waals surface area contributed by atoms with Crippen molar-refractivity contribution in [3.63, 3.8) is 0 Å². The second kappa shape index (κ2) is 7.19. The monoisotopic (exact) mass is 306 g/mol. The maximum atomic E-state index is 5.88. The van der Waals surface area contributed by atoms with Crippen molar-refractivity contribution in [3.05, 3.63) is 72.3 Å². The minimum absolute atomic E-state index is 0.451. The predicted octanol–water partition coefficient (Wildman–Crippen LogP) is 5.42. The Morgan fingerprint density at radius 1 is 0.739 bits per heavy atom. The molecule has 0 radical (unpaired) electrons. The Labute approximate surface area is 137 Å². The summed E-state index contributed by atoms with van der Waals surface area (Å²) in [4.78, 5) is 0. The first-order valence-corrected chi connectivity index (χ1v) is 8.07. The lowest BCUT2D eigenvalue weighted by Gasteiger charge is -2.14. The molecule has 0 fully saturated rings. The normalized spacial score (nSPS) is 10.9. The Morgan fingerprint density at radius 3 is 2.26 bits per heavy atom. The van der Waals surface area contributed by atoms with Gasteiger partial charge in [0.1, 0.15) is 24.7 Å². The highest BCUT2D eigenvalue weighted by atomic mass is 16.5. The molecule has 23 heavy (non-hydrogen) atoms. The third kappa shape index (κ3) is 3.84. The molecule has 3 aromatic rings. The number of rotatable bonds is 6. The Kier molecular flexibility index (Phi) is 4.82. The van der Waals surface area contributed by atoms with Crippen molar-refractivity contribution < 1.29 is 9.47 Å². The zero-order chi connectivity index (χ0) is 16.1. The van der Waals surface area contributed by atoms with E-state index in [1.807, 2.05) is 36.4 Å². The van der Waals surface area contributed by atoms with Crippen molar-refractivity contribution in [1.29, 1.82) is 0 Å². The summed E-state index contributed by atoms with van der Waals surface area (Å²) in [5.41, 5.74) is 1.23. The number of fused-ring (bicyclic) bond motifs is 1. The first kappa shape index (κ1) is 15.4. The van der Waals surface area contributed by atoms with Crippen LogP contribution in [0.2, 0.25) is 0 Å². The van der Waals surface area contributed by atoms with Crippen LogP contribution in [0.5, 0.6) is 11.5 Å². The molecule has 0 bridgehead atoms. The van der Waals surface area contributed by atoms with Crippen molar-refractivity contribution in [2.24, 2.45) is 0 Å². The molecule has 0 atom stereocenters. The van der Waals surface area contributed by atoms with E-state index in [0.717, 1.165) is 11.5 Å². The van der Waals surface area contributed by atoms with Gasteiger partial charge in [-0.15, -0.1) is 0 Å². The van der Waals surface area contributed by atoms with E-state index in [-0.39, 0.29) is 0 Å². The zero-order valence-electron chi connectivity index (χ0n) is 13.7. The summed E-state index contributed by atoms with van der Waals surface area (Å²) < 4.78 is 11.7. The van der Waals surface area contributed by atoms with E-state index in [9.17, 15) is 0 Å². The van der Waals surface area contributed by atoms with Gasteiger partial charge in [-0.2, -0.15) is 0 Å². The predicted molar refractivity (Wildman–Crippen MR) is 95.5 cm³/mol. The molecule has 0 unspecified atom stereocenters.